The topological polar surface area (TPSA) is 76.7 Å². The van der Waals surface area contributed by atoms with Gasteiger partial charge in [0.15, 0.2) is 6.61 Å². The molecule has 6 nitrogen and oxygen atoms in total. The lowest BCUT2D eigenvalue weighted by atomic mass is 9.81. The summed E-state index contributed by atoms with van der Waals surface area (Å²) in [6.45, 7) is 10.2. The van der Waals surface area contributed by atoms with Crippen molar-refractivity contribution in [3.8, 4) is 5.75 Å². The second-order valence-electron chi connectivity index (χ2n) is 8.44. The van der Waals surface area contributed by atoms with E-state index < -0.39 is 5.97 Å². The molecule has 0 saturated heterocycles. The van der Waals surface area contributed by atoms with Gasteiger partial charge in [0.05, 0.1) is 12.2 Å². The fourth-order valence-electron chi connectivity index (χ4n) is 3.88. The molecule has 0 unspecified atom stereocenters. The van der Waals surface area contributed by atoms with Gasteiger partial charge in [-0.25, -0.2) is 4.79 Å². The van der Waals surface area contributed by atoms with Crippen LogP contribution in [0.4, 0.5) is 5.00 Å². The minimum atomic E-state index is -0.419. The van der Waals surface area contributed by atoms with Gasteiger partial charge in [0.2, 0.25) is 0 Å². The van der Waals surface area contributed by atoms with Crippen LogP contribution in [0.25, 0.3) is 0 Å². The molecule has 2 N–H and O–H groups in total. The van der Waals surface area contributed by atoms with Gasteiger partial charge < -0.3 is 20.1 Å². The quantitative estimate of drug-likeness (QED) is 0.621. The number of ether oxygens (including phenoxy) is 2. The molecule has 0 fully saturated rings. The van der Waals surface area contributed by atoms with E-state index in [-0.39, 0.29) is 30.2 Å². The van der Waals surface area contributed by atoms with Gasteiger partial charge in [0, 0.05) is 21.0 Å². The third-order valence-corrected chi connectivity index (χ3v) is 6.48. The van der Waals surface area contributed by atoms with Crippen LogP contribution in [0.3, 0.4) is 0 Å². The number of carbonyl (C=O) groups excluding carboxylic acids is 2. The Morgan fingerprint density at radius 3 is 2.50 bits per heavy atom. The van der Waals surface area contributed by atoms with Crippen LogP contribution in [-0.4, -0.2) is 30.6 Å². The number of hydrogen-bond donors (Lipinski definition) is 2. The van der Waals surface area contributed by atoms with Crippen molar-refractivity contribution in [2.24, 2.45) is 0 Å². The van der Waals surface area contributed by atoms with Crippen molar-refractivity contribution in [3.05, 3.63) is 45.3 Å². The number of anilines is 1. The summed E-state index contributed by atoms with van der Waals surface area (Å²) < 4.78 is 10.8. The summed E-state index contributed by atoms with van der Waals surface area (Å²) in [4.78, 5) is 26.4. The lowest BCUT2D eigenvalue weighted by Crippen LogP contribution is -2.55. The second-order valence-corrected chi connectivity index (χ2v) is 9.89. The zero-order valence-electron chi connectivity index (χ0n) is 17.8. The van der Waals surface area contributed by atoms with E-state index in [9.17, 15) is 9.59 Å². The van der Waals surface area contributed by atoms with E-state index >= 15 is 0 Å². The van der Waals surface area contributed by atoms with Crippen molar-refractivity contribution in [1.82, 2.24) is 5.32 Å². The maximum absolute atomic E-state index is 12.8. The summed E-state index contributed by atoms with van der Waals surface area (Å²) in [6.07, 6.45) is 0.660. The average molecular weight is 451 g/mol. The minimum Gasteiger partial charge on any atom is -0.484 e. The highest BCUT2D eigenvalue weighted by Crippen LogP contribution is 2.45. The molecule has 3 rings (SSSR count). The normalized spacial score (nSPS) is 16.5. The first kappa shape index (κ1) is 22.6. The molecule has 30 heavy (non-hydrogen) atoms. The molecule has 1 amide bonds. The highest BCUT2D eigenvalue weighted by Gasteiger charge is 2.42. The number of thiophene rings is 1. The van der Waals surface area contributed by atoms with E-state index in [1.165, 1.54) is 11.3 Å². The number of esters is 1. The Morgan fingerprint density at radius 1 is 1.20 bits per heavy atom. The molecule has 2 heterocycles. The number of rotatable bonds is 6. The minimum absolute atomic E-state index is 0.181. The molecule has 0 spiro atoms. The van der Waals surface area contributed by atoms with E-state index in [0.717, 1.165) is 10.4 Å². The number of amides is 1. The fraction of sp³-hybridized carbons (Fsp3) is 0.455. The Labute approximate surface area is 185 Å². The smallest absolute Gasteiger partial charge is 0.341 e. The second kappa shape index (κ2) is 8.57. The Kier molecular flexibility index (Phi) is 6.45. The van der Waals surface area contributed by atoms with Crippen molar-refractivity contribution in [2.75, 3.05) is 18.5 Å². The maximum atomic E-state index is 12.8. The molecule has 0 radical (unpaired) electrons. The number of halogens is 1. The summed E-state index contributed by atoms with van der Waals surface area (Å²) >= 11 is 7.27. The predicted octanol–water partition coefficient (Wildman–Crippen LogP) is 4.76. The first-order chi connectivity index (χ1) is 14.0. The molecule has 1 aliphatic rings. The van der Waals surface area contributed by atoms with Crippen molar-refractivity contribution >= 4 is 39.8 Å². The van der Waals surface area contributed by atoms with Crippen molar-refractivity contribution in [2.45, 2.75) is 52.1 Å². The molecule has 162 valence electrons. The number of carbonyl (C=O) groups is 2. The highest BCUT2D eigenvalue weighted by molar-refractivity contribution is 7.17. The van der Waals surface area contributed by atoms with Crippen LogP contribution in [0.5, 0.6) is 5.75 Å². The Morgan fingerprint density at radius 2 is 1.87 bits per heavy atom. The first-order valence-corrected chi connectivity index (χ1v) is 11.0. The maximum Gasteiger partial charge on any atom is 0.341 e. The first-order valence-electron chi connectivity index (χ1n) is 9.83. The Bertz CT molecular complexity index is 951. The molecule has 2 aromatic rings. The van der Waals surface area contributed by atoms with Gasteiger partial charge in [-0.3, -0.25) is 4.79 Å². The van der Waals surface area contributed by atoms with E-state index in [2.05, 4.69) is 38.3 Å². The fourth-order valence-corrected chi connectivity index (χ4v) is 5.28. The number of hydrogen-bond acceptors (Lipinski definition) is 6. The Balaban J connectivity index is 1.86. The highest BCUT2D eigenvalue weighted by atomic mass is 35.5. The van der Waals surface area contributed by atoms with E-state index in [4.69, 9.17) is 21.1 Å². The summed E-state index contributed by atoms with van der Waals surface area (Å²) in [5.41, 5.74) is 0.837. The molecule has 0 aliphatic carbocycles. The van der Waals surface area contributed by atoms with Crippen molar-refractivity contribution in [3.63, 3.8) is 0 Å². The third kappa shape index (κ3) is 4.96. The molecule has 1 aromatic carbocycles. The van der Waals surface area contributed by atoms with Crippen LogP contribution in [0.15, 0.2) is 24.3 Å². The van der Waals surface area contributed by atoms with Gasteiger partial charge in [0.1, 0.15) is 10.8 Å². The van der Waals surface area contributed by atoms with E-state index in [1.54, 1.807) is 31.2 Å². The number of nitrogens with one attached hydrogen (secondary N) is 2. The zero-order chi connectivity index (χ0) is 22.1. The van der Waals surface area contributed by atoms with Crippen molar-refractivity contribution < 1.29 is 19.1 Å². The zero-order valence-corrected chi connectivity index (χ0v) is 19.4. The van der Waals surface area contributed by atoms with Crippen LogP contribution in [0.2, 0.25) is 5.02 Å². The van der Waals surface area contributed by atoms with Gasteiger partial charge in [-0.15, -0.1) is 11.3 Å². The lowest BCUT2D eigenvalue weighted by Gasteiger charge is -2.42. The molecular formula is C22H27ClN2O4S. The predicted molar refractivity (Wildman–Crippen MR) is 120 cm³/mol. The van der Waals surface area contributed by atoms with Crippen LogP contribution in [0, 0.1) is 0 Å². The molecule has 0 saturated carbocycles. The molecule has 8 heteroatoms. The summed E-state index contributed by atoms with van der Waals surface area (Å²) in [5.74, 6) is -0.228. The lowest BCUT2D eigenvalue weighted by molar-refractivity contribution is -0.118. The summed E-state index contributed by atoms with van der Waals surface area (Å²) in [6, 6.07) is 6.77. The van der Waals surface area contributed by atoms with E-state index in [1.807, 2.05) is 0 Å². The van der Waals surface area contributed by atoms with Gasteiger partial charge in [-0.2, -0.15) is 0 Å². The van der Waals surface area contributed by atoms with Gasteiger partial charge in [-0.1, -0.05) is 11.6 Å². The van der Waals surface area contributed by atoms with Crippen LogP contribution < -0.4 is 15.4 Å². The standard InChI is InChI=1S/C22H27ClN2O4S/c1-6-28-20(27)17-15-11-21(2,3)25-22(4,5)18(15)30-19(17)24-16(26)12-29-14-9-7-13(23)8-10-14/h7-10,25H,6,11-12H2,1-5H3,(H,24,26). The van der Waals surface area contributed by atoms with Gasteiger partial charge in [0.25, 0.3) is 5.91 Å². The average Bonchev–Trinajstić information content (AvgIpc) is 2.98. The van der Waals surface area contributed by atoms with Gasteiger partial charge in [-0.05, 0) is 70.9 Å². The number of benzene rings is 1. The SMILES string of the molecule is CCOC(=O)c1c(NC(=O)COc2ccc(Cl)cc2)sc2c1CC(C)(C)NC2(C)C. The molecule has 1 aliphatic heterocycles. The van der Waals surface area contributed by atoms with Gasteiger partial charge >= 0.3 is 5.97 Å². The van der Waals surface area contributed by atoms with Crippen LogP contribution >= 0.6 is 22.9 Å². The summed E-state index contributed by atoms with van der Waals surface area (Å²) in [5, 5.41) is 7.56. The van der Waals surface area contributed by atoms with E-state index in [0.29, 0.717) is 27.8 Å². The Hall–Kier alpha value is -2.09. The number of fused-ring (bicyclic) bond motifs is 1. The van der Waals surface area contributed by atoms with Crippen LogP contribution in [0.1, 0.15) is 55.4 Å². The van der Waals surface area contributed by atoms with Crippen molar-refractivity contribution in [1.29, 1.82) is 0 Å². The molecular weight excluding hydrogens is 424 g/mol. The largest absolute Gasteiger partial charge is 0.484 e. The monoisotopic (exact) mass is 450 g/mol. The third-order valence-electron chi connectivity index (χ3n) is 4.76. The molecule has 1 aromatic heterocycles. The van der Waals surface area contributed by atoms with Crippen LogP contribution in [-0.2, 0) is 21.5 Å². The molecule has 0 atom stereocenters. The summed E-state index contributed by atoms with van der Waals surface area (Å²) in [7, 11) is 0. The molecule has 0 bridgehead atoms.